The molecule has 4 aliphatic rings. The Balaban J connectivity index is 1.63. The van der Waals surface area contributed by atoms with Gasteiger partial charge in [-0.2, -0.15) is 0 Å². The van der Waals surface area contributed by atoms with E-state index in [0.29, 0.717) is 38.6 Å². The van der Waals surface area contributed by atoms with Crippen molar-refractivity contribution in [1.29, 1.82) is 0 Å². The van der Waals surface area contributed by atoms with E-state index in [4.69, 9.17) is 0 Å². The van der Waals surface area contributed by atoms with Crippen LogP contribution in [0.25, 0.3) is 0 Å². The minimum absolute atomic E-state index is 0.0613. The van der Waals surface area contributed by atoms with Crippen LogP contribution in [-0.2, 0) is 29.0 Å². The van der Waals surface area contributed by atoms with Crippen molar-refractivity contribution in [3.05, 3.63) is 12.7 Å². The van der Waals surface area contributed by atoms with Crippen LogP contribution in [-0.4, -0.2) is 77.3 Å². The highest BCUT2D eigenvalue weighted by molar-refractivity contribution is 7.92. The molecule has 0 bridgehead atoms. The predicted octanol–water partition coefficient (Wildman–Crippen LogP) is 7.28. The van der Waals surface area contributed by atoms with Crippen LogP contribution >= 0.6 is 0 Å². The fourth-order valence-electron chi connectivity index (χ4n) is 9.75. The van der Waals surface area contributed by atoms with Gasteiger partial charge in [0.15, 0.2) is 21.4 Å². The summed E-state index contributed by atoms with van der Waals surface area (Å²) >= 11 is 0. The highest BCUT2D eigenvalue weighted by atomic mass is 32.2. The average Bonchev–Trinajstić information content (AvgIpc) is 3.64. The molecule has 1 aliphatic heterocycles. The maximum Gasteiger partial charge on any atom is 0.315 e. The molecule has 300 valence electrons. The highest BCUT2D eigenvalue weighted by Crippen LogP contribution is 2.53. The number of hydrogen-bond donors (Lipinski definition) is 2. The monoisotopic (exact) mass is 759 g/mol. The molecule has 1 unspecified atom stereocenters. The third-order valence-corrected chi connectivity index (χ3v) is 16.0. The van der Waals surface area contributed by atoms with Crippen LogP contribution in [0, 0.1) is 29.1 Å². The number of hydrogen-bond acceptors (Lipinski definition) is 7. The number of Topliss-reactive ketones (excluding diaryl/α,β-unsaturated/α-hetero) is 3. The van der Waals surface area contributed by atoms with Gasteiger partial charge in [-0.05, 0) is 95.3 Å². The third kappa shape index (κ3) is 10.4. The molecular weight excluding hydrogens is 691 g/mol. The van der Waals surface area contributed by atoms with Gasteiger partial charge in [0.1, 0.15) is 6.04 Å². The fourth-order valence-corrected chi connectivity index (χ4v) is 11.3. The second-order valence-electron chi connectivity index (χ2n) is 18.5. The average molecular weight is 760 g/mol. The topological polar surface area (TPSA) is 147 Å². The van der Waals surface area contributed by atoms with E-state index in [1.807, 2.05) is 6.92 Å². The fraction of sp³-hybridized carbons (Fsp3) is 0.833. The summed E-state index contributed by atoms with van der Waals surface area (Å²) in [6.07, 6.45) is 13.9. The van der Waals surface area contributed by atoms with Crippen molar-refractivity contribution in [3.63, 3.8) is 0 Å². The van der Waals surface area contributed by atoms with E-state index < -0.39 is 55.7 Å². The number of nitrogens with one attached hydrogen (secondary N) is 2. The van der Waals surface area contributed by atoms with E-state index in [9.17, 15) is 32.4 Å². The molecular formula is C42H69N3O7S. The molecule has 3 saturated carbocycles. The number of nitrogens with zero attached hydrogens (tertiary/aromatic N) is 1. The molecule has 4 fully saturated rings. The molecule has 3 amide bonds. The third-order valence-electron chi connectivity index (χ3n) is 13.2. The maximum atomic E-state index is 15.0. The van der Waals surface area contributed by atoms with Crippen molar-refractivity contribution < 1.29 is 32.4 Å². The Bertz CT molecular complexity index is 1450. The first-order valence-corrected chi connectivity index (χ1v) is 22.3. The van der Waals surface area contributed by atoms with Gasteiger partial charge in [0, 0.05) is 25.3 Å². The summed E-state index contributed by atoms with van der Waals surface area (Å²) in [5.41, 5.74) is -1.02. The Morgan fingerprint density at radius 1 is 0.943 bits per heavy atom. The van der Waals surface area contributed by atoms with Crippen LogP contribution in [0.4, 0.5) is 4.79 Å². The minimum Gasteiger partial charge on any atom is -0.332 e. The van der Waals surface area contributed by atoms with E-state index in [2.05, 4.69) is 31.1 Å². The first-order valence-electron chi connectivity index (χ1n) is 20.7. The maximum absolute atomic E-state index is 15.0. The number of urea groups is 1. The first-order chi connectivity index (χ1) is 24.9. The summed E-state index contributed by atoms with van der Waals surface area (Å²) in [6, 6.07) is -2.14. The van der Waals surface area contributed by atoms with Crippen LogP contribution in [0.5, 0.6) is 0 Å². The summed E-state index contributed by atoms with van der Waals surface area (Å²) in [5.74, 6) is -2.39. The van der Waals surface area contributed by atoms with Gasteiger partial charge in [-0.1, -0.05) is 78.2 Å². The van der Waals surface area contributed by atoms with Crippen molar-refractivity contribution in [2.24, 2.45) is 29.1 Å². The summed E-state index contributed by atoms with van der Waals surface area (Å²) in [4.78, 5) is 71.6. The summed E-state index contributed by atoms with van der Waals surface area (Å²) < 4.78 is 25.9. The molecule has 11 heteroatoms. The number of carbonyl (C=O) groups excluding carboxylic acids is 5. The van der Waals surface area contributed by atoms with Gasteiger partial charge < -0.3 is 15.5 Å². The molecule has 10 nitrogen and oxygen atoms in total. The number of unbranched alkanes of at least 4 members (excludes halogenated alkanes) is 1. The van der Waals surface area contributed by atoms with Crippen LogP contribution in [0.15, 0.2) is 12.7 Å². The standard InChI is InChI=1S/C42H69N3O7S/c1-8-10-18-30(37(48)33(46)21-11-9-2)26-34(47)36-31-22-25-41(6,7)32(31)27-45(36)38(49)35(29-19-14-12-15-20-29)43-39(50)44-42(23-16-13-17-24-42)28-53(51,52)40(3,4)5/h9,29-32,35-36H,2,8,10-28H2,1,3-7H3,(H2,43,44,50)/t30?,31-,32-,35-,36-/m0/s1. The van der Waals surface area contributed by atoms with E-state index in [0.717, 1.165) is 70.6 Å². The normalized spacial score (nSPS) is 25.5. The molecule has 0 radical (unpaired) electrons. The van der Waals surface area contributed by atoms with Gasteiger partial charge in [-0.15, -0.1) is 6.58 Å². The summed E-state index contributed by atoms with van der Waals surface area (Å²) in [7, 11) is -3.55. The zero-order valence-corrected chi connectivity index (χ0v) is 34.4. The highest BCUT2D eigenvalue weighted by Gasteiger charge is 2.57. The second kappa shape index (κ2) is 17.9. The molecule has 0 aromatic carbocycles. The van der Waals surface area contributed by atoms with E-state index in [1.54, 1.807) is 31.7 Å². The Hall–Kier alpha value is -2.56. The number of ketones is 3. The van der Waals surface area contributed by atoms with Crippen LogP contribution in [0.2, 0.25) is 0 Å². The quantitative estimate of drug-likeness (QED) is 0.117. The SMILES string of the molecule is C=CCCC(=O)C(=O)C(CCCC)CC(=O)[C@@H]1[C@H]2CCC(C)(C)[C@H]2CN1C(=O)[C@@H](NC(=O)NC1(CS(=O)(=O)C(C)(C)C)CCCCC1)C1CCCCC1. The Kier molecular flexibility index (Phi) is 14.6. The predicted molar refractivity (Wildman–Crippen MR) is 209 cm³/mol. The largest absolute Gasteiger partial charge is 0.332 e. The molecule has 0 spiro atoms. The lowest BCUT2D eigenvalue weighted by molar-refractivity contribution is -0.143. The van der Waals surface area contributed by atoms with E-state index in [-0.39, 0.29) is 53.5 Å². The summed E-state index contributed by atoms with van der Waals surface area (Å²) in [6.45, 7) is 15.5. The lowest BCUT2D eigenvalue weighted by atomic mass is 9.78. The van der Waals surface area contributed by atoms with E-state index >= 15 is 0 Å². The van der Waals surface area contributed by atoms with Crippen molar-refractivity contribution in [3.8, 4) is 0 Å². The van der Waals surface area contributed by atoms with Crippen molar-refractivity contribution in [2.75, 3.05) is 12.3 Å². The zero-order chi connectivity index (χ0) is 39.2. The second-order valence-corrected chi connectivity index (χ2v) is 21.3. The molecule has 1 heterocycles. The Labute approximate surface area is 319 Å². The molecule has 53 heavy (non-hydrogen) atoms. The van der Waals surface area contributed by atoms with Gasteiger partial charge >= 0.3 is 6.03 Å². The van der Waals surface area contributed by atoms with Gasteiger partial charge in [-0.3, -0.25) is 19.2 Å². The molecule has 0 aromatic heterocycles. The Morgan fingerprint density at radius 3 is 2.19 bits per heavy atom. The van der Waals surface area contributed by atoms with Gasteiger partial charge in [-0.25, -0.2) is 13.2 Å². The first kappa shape index (κ1) is 43.2. The van der Waals surface area contributed by atoms with E-state index in [1.165, 1.54) is 0 Å². The number of carbonyl (C=O) groups is 5. The molecule has 0 aromatic rings. The number of sulfone groups is 1. The smallest absolute Gasteiger partial charge is 0.315 e. The molecule has 1 saturated heterocycles. The van der Waals surface area contributed by atoms with Crippen LogP contribution in [0.1, 0.15) is 157 Å². The number of allylic oxidation sites excluding steroid dienone is 1. The minimum atomic E-state index is -3.55. The van der Waals surface area contributed by atoms with Gasteiger partial charge in [0.25, 0.3) is 0 Å². The van der Waals surface area contributed by atoms with Crippen molar-refractivity contribution in [1.82, 2.24) is 15.5 Å². The van der Waals surface area contributed by atoms with Gasteiger partial charge in [0.05, 0.1) is 22.1 Å². The lowest BCUT2D eigenvalue weighted by Crippen LogP contribution is -2.62. The number of likely N-dealkylation sites (tertiary alicyclic amines) is 1. The zero-order valence-electron chi connectivity index (χ0n) is 33.6. The lowest BCUT2D eigenvalue weighted by Gasteiger charge is -2.41. The molecule has 5 atom stereocenters. The molecule has 2 N–H and O–H groups in total. The molecule has 3 aliphatic carbocycles. The summed E-state index contributed by atoms with van der Waals surface area (Å²) in [5, 5.41) is 6.18. The van der Waals surface area contributed by atoms with Gasteiger partial charge in [0.2, 0.25) is 11.7 Å². The van der Waals surface area contributed by atoms with Crippen molar-refractivity contribution >= 4 is 39.1 Å². The van der Waals surface area contributed by atoms with Crippen LogP contribution in [0.3, 0.4) is 0 Å². The van der Waals surface area contributed by atoms with Crippen molar-refractivity contribution in [2.45, 2.75) is 179 Å². The van der Waals surface area contributed by atoms with Crippen LogP contribution < -0.4 is 10.6 Å². The molecule has 4 rings (SSSR count). The Morgan fingerprint density at radius 2 is 1.58 bits per heavy atom. The number of amides is 3. The number of fused-ring (bicyclic) bond motifs is 1. The number of rotatable bonds is 17.